The molecule has 1 aromatic carbocycles. The molecule has 1 fully saturated rings. The number of anilines is 1. The second-order valence-corrected chi connectivity index (χ2v) is 9.40. The number of sulfonamides is 1. The van der Waals surface area contributed by atoms with Crippen LogP contribution in [0.25, 0.3) is 0 Å². The van der Waals surface area contributed by atoms with Gasteiger partial charge in [-0.15, -0.1) is 0 Å². The van der Waals surface area contributed by atoms with Crippen LogP contribution in [0.3, 0.4) is 0 Å². The third-order valence-corrected chi connectivity index (χ3v) is 7.19. The molecule has 3 amide bonds. The van der Waals surface area contributed by atoms with Crippen LogP contribution >= 0.6 is 11.8 Å². The summed E-state index contributed by atoms with van der Waals surface area (Å²) in [5.41, 5.74) is 0.519. The lowest BCUT2D eigenvalue weighted by Gasteiger charge is -2.15. The van der Waals surface area contributed by atoms with Crippen LogP contribution in [0.5, 0.6) is 5.75 Å². The van der Waals surface area contributed by atoms with Crippen LogP contribution in [-0.2, 0) is 14.8 Å². The van der Waals surface area contributed by atoms with E-state index in [1.54, 1.807) is 37.4 Å². The lowest BCUT2D eigenvalue weighted by Crippen LogP contribution is -2.35. The van der Waals surface area contributed by atoms with Gasteiger partial charge in [-0.25, -0.2) is 18.2 Å². The van der Waals surface area contributed by atoms with E-state index in [1.807, 2.05) is 0 Å². The fraction of sp³-hybridized carbons (Fsp3) is 0.316. The normalized spacial score (nSPS) is 14.3. The van der Waals surface area contributed by atoms with Crippen LogP contribution in [0.1, 0.15) is 12.8 Å². The highest BCUT2D eigenvalue weighted by molar-refractivity contribution is 7.99. The van der Waals surface area contributed by atoms with Gasteiger partial charge in [0.1, 0.15) is 10.6 Å². The van der Waals surface area contributed by atoms with Gasteiger partial charge in [0, 0.05) is 25.0 Å². The molecule has 1 aliphatic heterocycles. The maximum absolute atomic E-state index is 12.5. The number of pyridine rings is 1. The van der Waals surface area contributed by atoms with E-state index in [0.29, 0.717) is 29.6 Å². The fourth-order valence-corrected chi connectivity index (χ4v) is 4.93. The number of nitrogens with one attached hydrogen (secondary N) is 2. The van der Waals surface area contributed by atoms with Gasteiger partial charge in [0.15, 0.2) is 0 Å². The molecule has 0 atom stereocenters. The Hall–Kier alpha value is -2.63. The monoisotopic (exact) mass is 450 g/mol. The van der Waals surface area contributed by atoms with E-state index in [4.69, 9.17) is 4.74 Å². The number of amides is 3. The molecule has 2 N–H and O–H groups in total. The van der Waals surface area contributed by atoms with Crippen molar-refractivity contribution in [2.24, 2.45) is 0 Å². The molecule has 0 bridgehead atoms. The van der Waals surface area contributed by atoms with Crippen molar-refractivity contribution in [3.05, 3.63) is 42.6 Å². The molecule has 30 heavy (non-hydrogen) atoms. The SMILES string of the molecule is COc1ccc(NC(=O)NC(=O)CSc2ccc(S(=O)(=O)N3CCCC3)cn2)cc1. The van der Waals surface area contributed by atoms with Gasteiger partial charge in [0.25, 0.3) is 0 Å². The summed E-state index contributed by atoms with van der Waals surface area (Å²) in [6, 6.07) is 9.07. The summed E-state index contributed by atoms with van der Waals surface area (Å²) in [5.74, 6) is 0.114. The Morgan fingerprint density at radius 3 is 2.43 bits per heavy atom. The van der Waals surface area contributed by atoms with Gasteiger partial charge in [0.2, 0.25) is 15.9 Å². The molecule has 0 aliphatic carbocycles. The molecule has 0 saturated carbocycles. The van der Waals surface area contributed by atoms with Gasteiger partial charge in [-0.2, -0.15) is 4.31 Å². The Morgan fingerprint density at radius 1 is 1.13 bits per heavy atom. The zero-order valence-electron chi connectivity index (χ0n) is 16.3. The number of nitrogens with zero attached hydrogens (tertiary/aromatic N) is 2. The largest absolute Gasteiger partial charge is 0.497 e. The Balaban J connectivity index is 1.47. The van der Waals surface area contributed by atoms with E-state index in [9.17, 15) is 18.0 Å². The summed E-state index contributed by atoms with van der Waals surface area (Å²) in [7, 11) is -1.97. The smallest absolute Gasteiger partial charge is 0.325 e. The highest BCUT2D eigenvalue weighted by Crippen LogP contribution is 2.22. The Morgan fingerprint density at radius 2 is 1.83 bits per heavy atom. The van der Waals surface area contributed by atoms with Crippen molar-refractivity contribution < 1.29 is 22.7 Å². The molecule has 0 unspecified atom stereocenters. The second-order valence-electron chi connectivity index (χ2n) is 6.46. The van der Waals surface area contributed by atoms with E-state index < -0.39 is 22.0 Å². The predicted molar refractivity (Wildman–Crippen MR) is 113 cm³/mol. The summed E-state index contributed by atoms with van der Waals surface area (Å²) in [4.78, 5) is 28.1. The summed E-state index contributed by atoms with van der Waals surface area (Å²) in [6.07, 6.45) is 3.02. The van der Waals surface area contributed by atoms with Crippen molar-refractivity contribution >= 4 is 39.4 Å². The molecule has 160 valence electrons. The number of thioether (sulfide) groups is 1. The number of hydrogen-bond donors (Lipinski definition) is 2. The second kappa shape index (κ2) is 9.92. The number of aromatic nitrogens is 1. The van der Waals surface area contributed by atoms with Crippen LogP contribution in [0.15, 0.2) is 52.5 Å². The first kappa shape index (κ1) is 22.1. The first-order valence-corrected chi connectivity index (χ1v) is 11.6. The number of carbonyl (C=O) groups excluding carboxylic acids is 2. The minimum atomic E-state index is -3.52. The maximum atomic E-state index is 12.5. The summed E-state index contributed by atoms with van der Waals surface area (Å²) in [6.45, 7) is 1.05. The van der Waals surface area contributed by atoms with Gasteiger partial charge in [-0.1, -0.05) is 11.8 Å². The zero-order chi connectivity index (χ0) is 21.6. The minimum absolute atomic E-state index is 0.0404. The number of rotatable bonds is 7. The van der Waals surface area contributed by atoms with Crippen LogP contribution in [-0.4, -0.2) is 55.6 Å². The molecule has 0 spiro atoms. The van der Waals surface area contributed by atoms with Gasteiger partial charge in [-0.3, -0.25) is 10.1 Å². The van der Waals surface area contributed by atoms with Gasteiger partial charge in [-0.05, 0) is 49.2 Å². The molecule has 1 aliphatic rings. The molecular formula is C19H22N4O5S2. The highest BCUT2D eigenvalue weighted by Gasteiger charge is 2.27. The summed E-state index contributed by atoms with van der Waals surface area (Å²) in [5, 5.41) is 5.27. The first-order valence-electron chi connectivity index (χ1n) is 9.22. The lowest BCUT2D eigenvalue weighted by atomic mass is 10.3. The molecule has 2 aromatic rings. The van der Waals surface area contributed by atoms with Gasteiger partial charge < -0.3 is 10.1 Å². The molecule has 3 rings (SSSR count). The fourth-order valence-electron chi connectivity index (χ4n) is 2.82. The average molecular weight is 451 g/mol. The molecule has 9 nitrogen and oxygen atoms in total. The molecule has 1 aromatic heterocycles. The number of methoxy groups -OCH3 is 1. The first-order chi connectivity index (χ1) is 14.4. The number of ether oxygens (including phenoxy) is 1. The Labute approximate surface area is 179 Å². The van der Waals surface area contributed by atoms with Crippen LogP contribution in [0.4, 0.5) is 10.5 Å². The predicted octanol–water partition coefficient (Wildman–Crippen LogP) is 2.32. The van der Waals surface area contributed by atoms with E-state index in [2.05, 4.69) is 15.6 Å². The molecule has 11 heteroatoms. The van der Waals surface area contributed by atoms with Crippen LogP contribution < -0.4 is 15.4 Å². The molecule has 0 radical (unpaired) electrons. The van der Waals surface area contributed by atoms with E-state index >= 15 is 0 Å². The molecule has 1 saturated heterocycles. The quantitative estimate of drug-likeness (QED) is 0.622. The number of benzene rings is 1. The molecule has 2 heterocycles. The Kier molecular flexibility index (Phi) is 7.29. The third-order valence-electron chi connectivity index (χ3n) is 4.36. The van der Waals surface area contributed by atoms with Crippen molar-refractivity contribution in [3.63, 3.8) is 0 Å². The highest BCUT2D eigenvalue weighted by atomic mass is 32.2. The standard InChI is InChI=1S/C19H22N4O5S2/c1-28-15-6-4-14(5-7-15)21-19(25)22-17(24)13-29-18-9-8-16(12-20-18)30(26,27)23-10-2-3-11-23/h4-9,12H,2-3,10-11,13H2,1H3,(H2,21,22,24,25). The maximum Gasteiger partial charge on any atom is 0.325 e. The van der Waals surface area contributed by atoms with Gasteiger partial charge >= 0.3 is 6.03 Å². The lowest BCUT2D eigenvalue weighted by molar-refractivity contribution is -0.117. The zero-order valence-corrected chi connectivity index (χ0v) is 18.0. The van der Waals surface area contributed by atoms with Crippen molar-refractivity contribution in [2.45, 2.75) is 22.8 Å². The third kappa shape index (κ3) is 5.71. The van der Waals surface area contributed by atoms with E-state index in [1.165, 1.54) is 16.6 Å². The van der Waals surface area contributed by atoms with Gasteiger partial charge in [0.05, 0.1) is 17.9 Å². The van der Waals surface area contributed by atoms with Crippen LogP contribution in [0.2, 0.25) is 0 Å². The Bertz CT molecular complexity index is 989. The number of imide groups is 1. The number of urea groups is 1. The topological polar surface area (TPSA) is 118 Å². The van der Waals surface area contributed by atoms with Crippen molar-refractivity contribution in [1.82, 2.24) is 14.6 Å². The summed E-state index contributed by atoms with van der Waals surface area (Å²) >= 11 is 1.11. The average Bonchev–Trinajstić information content (AvgIpc) is 3.29. The number of hydrogen-bond acceptors (Lipinski definition) is 7. The minimum Gasteiger partial charge on any atom is -0.497 e. The summed E-state index contributed by atoms with van der Waals surface area (Å²) < 4.78 is 31.5. The van der Waals surface area contributed by atoms with Crippen molar-refractivity contribution in [2.75, 3.05) is 31.3 Å². The van der Waals surface area contributed by atoms with Crippen molar-refractivity contribution in [1.29, 1.82) is 0 Å². The van der Waals surface area contributed by atoms with E-state index in [-0.39, 0.29) is 10.6 Å². The van der Waals surface area contributed by atoms with Crippen molar-refractivity contribution in [3.8, 4) is 5.75 Å². The van der Waals surface area contributed by atoms with Crippen LogP contribution in [0, 0.1) is 0 Å². The van der Waals surface area contributed by atoms with E-state index in [0.717, 1.165) is 24.6 Å². The molecular weight excluding hydrogens is 428 g/mol. The number of carbonyl (C=O) groups is 2.